The second-order valence-corrected chi connectivity index (χ2v) is 4.67. The molecule has 1 aromatic carbocycles. The number of carbonyl (C=O) groups is 1. The molecule has 1 aliphatic rings. The van der Waals surface area contributed by atoms with Crippen molar-refractivity contribution < 1.29 is 4.79 Å². The van der Waals surface area contributed by atoms with Crippen LogP contribution in [0.1, 0.15) is 12.8 Å². The number of carbonyl (C=O) groups excluding carboxylic acids is 1. The smallest absolute Gasteiger partial charge is 0.240 e. The molecule has 4 heteroatoms. The van der Waals surface area contributed by atoms with Gasteiger partial charge < -0.3 is 16.0 Å². The Morgan fingerprint density at radius 3 is 2.65 bits per heavy atom. The van der Waals surface area contributed by atoms with Crippen molar-refractivity contribution in [2.24, 2.45) is 5.73 Å². The SMILES string of the molecule is CN(CCNC(=O)C1(N)CC1)c1ccccc1. The third-order valence-corrected chi connectivity index (χ3v) is 3.17. The molecule has 92 valence electrons. The molecular formula is C13H19N3O. The Hall–Kier alpha value is -1.55. The summed E-state index contributed by atoms with van der Waals surface area (Å²) in [6.07, 6.45) is 1.63. The highest BCUT2D eigenvalue weighted by molar-refractivity contribution is 5.88. The first-order valence-corrected chi connectivity index (χ1v) is 5.95. The predicted octanol–water partition coefficient (Wildman–Crippen LogP) is 0.730. The first kappa shape index (κ1) is 11.9. The van der Waals surface area contributed by atoms with Gasteiger partial charge in [0.05, 0.1) is 5.54 Å². The van der Waals surface area contributed by atoms with Crippen molar-refractivity contribution >= 4 is 11.6 Å². The Bertz CT molecular complexity index is 387. The van der Waals surface area contributed by atoms with Crippen LogP contribution in [0.4, 0.5) is 5.69 Å². The van der Waals surface area contributed by atoms with Crippen LogP contribution in [0.15, 0.2) is 30.3 Å². The van der Waals surface area contributed by atoms with E-state index in [1.807, 2.05) is 37.4 Å². The summed E-state index contributed by atoms with van der Waals surface area (Å²) in [4.78, 5) is 13.7. The molecule has 4 nitrogen and oxygen atoms in total. The summed E-state index contributed by atoms with van der Waals surface area (Å²) >= 11 is 0. The van der Waals surface area contributed by atoms with Crippen molar-refractivity contribution in [3.05, 3.63) is 30.3 Å². The van der Waals surface area contributed by atoms with E-state index in [2.05, 4.69) is 10.2 Å². The van der Waals surface area contributed by atoms with Gasteiger partial charge in [-0.2, -0.15) is 0 Å². The van der Waals surface area contributed by atoms with Crippen molar-refractivity contribution in [3.63, 3.8) is 0 Å². The lowest BCUT2D eigenvalue weighted by molar-refractivity contribution is -0.123. The van der Waals surface area contributed by atoms with Crippen molar-refractivity contribution in [1.82, 2.24) is 5.32 Å². The van der Waals surface area contributed by atoms with Gasteiger partial charge in [0.2, 0.25) is 5.91 Å². The molecular weight excluding hydrogens is 214 g/mol. The number of para-hydroxylation sites is 1. The molecule has 1 aliphatic carbocycles. The number of likely N-dealkylation sites (N-methyl/N-ethyl adjacent to an activating group) is 1. The highest BCUT2D eigenvalue weighted by atomic mass is 16.2. The van der Waals surface area contributed by atoms with Crippen molar-refractivity contribution in [2.75, 3.05) is 25.0 Å². The summed E-state index contributed by atoms with van der Waals surface area (Å²) in [7, 11) is 2.01. The lowest BCUT2D eigenvalue weighted by Gasteiger charge is -2.20. The standard InChI is InChI=1S/C13H19N3O/c1-16(11-5-3-2-4-6-11)10-9-15-12(17)13(14)7-8-13/h2-6H,7-10,14H2,1H3,(H,15,17). The van der Waals surface area contributed by atoms with E-state index in [-0.39, 0.29) is 5.91 Å². The number of nitrogens with zero attached hydrogens (tertiary/aromatic N) is 1. The third kappa shape index (κ3) is 2.97. The molecule has 0 bridgehead atoms. The van der Waals surface area contributed by atoms with Crippen molar-refractivity contribution in [2.45, 2.75) is 18.4 Å². The zero-order chi connectivity index (χ0) is 12.3. The van der Waals surface area contributed by atoms with Gasteiger partial charge in [0.25, 0.3) is 0 Å². The fourth-order valence-electron chi connectivity index (χ4n) is 1.69. The summed E-state index contributed by atoms with van der Waals surface area (Å²) in [5.41, 5.74) is 6.38. The van der Waals surface area contributed by atoms with E-state index < -0.39 is 5.54 Å². The molecule has 0 aromatic heterocycles. The van der Waals surface area contributed by atoms with Crippen LogP contribution in [0, 0.1) is 0 Å². The third-order valence-electron chi connectivity index (χ3n) is 3.17. The second kappa shape index (κ2) is 4.75. The molecule has 1 amide bonds. The van der Waals surface area contributed by atoms with E-state index in [4.69, 9.17) is 5.73 Å². The van der Waals surface area contributed by atoms with Crippen molar-refractivity contribution in [1.29, 1.82) is 0 Å². The predicted molar refractivity (Wildman–Crippen MR) is 68.9 cm³/mol. The van der Waals surface area contributed by atoms with Crippen molar-refractivity contribution in [3.8, 4) is 0 Å². The van der Waals surface area contributed by atoms with Crippen LogP contribution in [0.2, 0.25) is 0 Å². The number of nitrogens with one attached hydrogen (secondary N) is 1. The van der Waals surface area contributed by atoms with E-state index in [1.54, 1.807) is 0 Å². The molecule has 0 unspecified atom stereocenters. The first-order chi connectivity index (χ1) is 8.12. The number of nitrogens with two attached hydrogens (primary N) is 1. The maximum absolute atomic E-state index is 11.6. The lowest BCUT2D eigenvalue weighted by atomic mass is 10.2. The zero-order valence-electron chi connectivity index (χ0n) is 10.1. The molecule has 0 saturated heterocycles. The number of hydrogen-bond acceptors (Lipinski definition) is 3. The maximum Gasteiger partial charge on any atom is 0.240 e. The lowest BCUT2D eigenvalue weighted by Crippen LogP contribution is -2.45. The van der Waals surface area contributed by atoms with Gasteiger partial charge in [-0.1, -0.05) is 18.2 Å². The van der Waals surface area contributed by atoms with Gasteiger partial charge >= 0.3 is 0 Å². The summed E-state index contributed by atoms with van der Waals surface area (Å²) in [5.74, 6) is -0.0149. The normalized spacial score (nSPS) is 16.4. The number of benzene rings is 1. The Labute approximate surface area is 102 Å². The number of anilines is 1. The molecule has 1 fully saturated rings. The fourth-order valence-corrected chi connectivity index (χ4v) is 1.69. The first-order valence-electron chi connectivity index (χ1n) is 5.95. The minimum absolute atomic E-state index is 0.0149. The molecule has 1 saturated carbocycles. The van der Waals surface area contributed by atoms with Gasteiger partial charge in [-0.3, -0.25) is 4.79 Å². The van der Waals surface area contributed by atoms with Crippen LogP contribution in [0.5, 0.6) is 0 Å². The maximum atomic E-state index is 11.6. The molecule has 3 N–H and O–H groups in total. The van der Waals surface area contributed by atoms with Crippen LogP contribution in [0.25, 0.3) is 0 Å². The van der Waals surface area contributed by atoms with Gasteiger partial charge in [-0.05, 0) is 25.0 Å². The van der Waals surface area contributed by atoms with E-state index in [0.717, 1.165) is 25.1 Å². The van der Waals surface area contributed by atoms with Crippen LogP contribution in [-0.4, -0.2) is 31.6 Å². The van der Waals surface area contributed by atoms with Crippen LogP contribution < -0.4 is 16.0 Å². The van der Waals surface area contributed by atoms with E-state index >= 15 is 0 Å². The second-order valence-electron chi connectivity index (χ2n) is 4.67. The Morgan fingerprint density at radius 2 is 2.06 bits per heavy atom. The van der Waals surface area contributed by atoms with E-state index in [0.29, 0.717) is 6.54 Å². The van der Waals surface area contributed by atoms with Gasteiger partial charge in [-0.15, -0.1) is 0 Å². The topological polar surface area (TPSA) is 58.4 Å². The molecule has 0 atom stereocenters. The average molecular weight is 233 g/mol. The largest absolute Gasteiger partial charge is 0.373 e. The van der Waals surface area contributed by atoms with E-state index in [9.17, 15) is 4.79 Å². The molecule has 0 heterocycles. The average Bonchev–Trinajstić information content (AvgIpc) is 3.09. The van der Waals surface area contributed by atoms with Gasteiger partial charge in [0.1, 0.15) is 0 Å². The molecule has 1 aromatic rings. The Morgan fingerprint density at radius 1 is 1.41 bits per heavy atom. The number of amides is 1. The van der Waals surface area contributed by atoms with Crippen LogP contribution >= 0.6 is 0 Å². The Kier molecular flexibility index (Phi) is 3.33. The molecule has 2 rings (SSSR count). The number of rotatable bonds is 5. The zero-order valence-corrected chi connectivity index (χ0v) is 10.1. The summed E-state index contributed by atoms with van der Waals surface area (Å²) in [6.45, 7) is 1.41. The summed E-state index contributed by atoms with van der Waals surface area (Å²) in [6, 6.07) is 10.1. The van der Waals surface area contributed by atoms with Crippen LogP contribution in [-0.2, 0) is 4.79 Å². The van der Waals surface area contributed by atoms with E-state index in [1.165, 1.54) is 0 Å². The van der Waals surface area contributed by atoms with Crippen LogP contribution in [0.3, 0.4) is 0 Å². The molecule has 0 spiro atoms. The monoisotopic (exact) mass is 233 g/mol. The number of hydrogen-bond donors (Lipinski definition) is 2. The molecule has 0 radical (unpaired) electrons. The Balaban J connectivity index is 1.73. The highest BCUT2D eigenvalue weighted by Gasteiger charge is 2.45. The highest BCUT2D eigenvalue weighted by Crippen LogP contribution is 2.31. The molecule has 17 heavy (non-hydrogen) atoms. The molecule has 0 aliphatic heterocycles. The fraction of sp³-hybridized carbons (Fsp3) is 0.462. The quantitative estimate of drug-likeness (QED) is 0.788. The van der Waals surface area contributed by atoms with Gasteiger partial charge in [-0.25, -0.2) is 0 Å². The summed E-state index contributed by atoms with van der Waals surface area (Å²) < 4.78 is 0. The van der Waals surface area contributed by atoms with Gasteiger partial charge in [0, 0.05) is 25.8 Å². The van der Waals surface area contributed by atoms with Gasteiger partial charge in [0.15, 0.2) is 0 Å². The minimum Gasteiger partial charge on any atom is -0.373 e. The summed E-state index contributed by atoms with van der Waals surface area (Å²) in [5, 5.41) is 2.88. The minimum atomic E-state index is -0.564.